The third-order valence-electron chi connectivity index (χ3n) is 11.9. The Morgan fingerprint density at radius 3 is 1.45 bits per heavy atom. The van der Waals surface area contributed by atoms with Crippen LogP contribution >= 0.6 is 0 Å². The molecule has 2 aliphatic rings. The van der Waals surface area contributed by atoms with Crippen LogP contribution in [0.3, 0.4) is 0 Å². The minimum atomic E-state index is -1.15. The van der Waals surface area contributed by atoms with Gasteiger partial charge in [-0.2, -0.15) is 0 Å². The summed E-state index contributed by atoms with van der Waals surface area (Å²) in [6, 6.07) is 48.6. The summed E-state index contributed by atoms with van der Waals surface area (Å²) in [5, 5.41) is 3.46. The van der Waals surface area contributed by atoms with Gasteiger partial charge in [0.1, 0.15) is 11.5 Å². The Balaban J connectivity index is 1.26. The number of hydrogen-bond acceptors (Lipinski definition) is 1. The fourth-order valence-corrected chi connectivity index (χ4v) is 9.44. The molecule has 12 rings (SSSR count). The van der Waals surface area contributed by atoms with Crippen molar-refractivity contribution in [1.82, 2.24) is 0 Å². The Labute approximate surface area is 352 Å². The van der Waals surface area contributed by atoms with Crippen molar-refractivity contribution in [2.45, 2.75) is 5.41 Å². The van der Waals surface area contributed by atoms with Crippen LogP contribution in [0.1, 0.15) is 36.0 Å². The molecule has 1 heteroatoms. The normalized spacial score (nSPS) is 15.5. The summed E-state index contributed by atoms with van der Waals surface area (Å²) in [5.74, 6) is 1.24. The second-order valence-electron chi connectivity index (χ2n) is 14.8. The average Bonchev–Trinajstić information content (AvgIpc) is 3.67. The predicted octanol–water partition coefficient (Wildman–Crippen LogP) is 15.1. The lowest BCUT2D eigenvalue weighted by atomic mass is 9.64. The van der Waals surface area contributed by atoms with E-state index in [1.807, 2.05) is 91.0 Å². The first-order valence-corrected chi connectivity index (χ1v) is 19.3. The van der Waals surface area contributed by atoms with Crippen LogP contribution in [0.2, 0.25) is 0 Å². The molecular formula is C57H36O. The molecular weight excluding hydrogens is 701 g/mol. The van der Waals surface area contributed by atoms with Crippen LogP contribution in [0.4, 0.5) is 0 Å². The van der Waals surface area contributed by atoms with E-state index in [2.05, 4.69) is 66.7 Å². The highest BCUT2D eigenvalue weighted by Crippen LogP contribution is 2.65. The van der Waals surface area contributed by atoms with Crippen molar-refractivity contribution in [1.29, 1.82) is 0 Å². The lowest BCUT2D eigenvalue weighted by Gasteiger charge is -2.40. The molecule has 0 bridgehead atoms. The van der Waals surface area contributed by atoms with Gasteiger partial charge in [-0.1, -0.05) is 194 Å². The fourth-order valence-electron chi connectivity index (χ4n) is 9.44. The van der Waals surface area contributed by atoms with Crippen molar-refractivity contribution in [3.8, 4) is 67.1 Å². The molecule has 0 N–H and O–H groups in total. The second kappa shape index (κ2) is 12.8. The van der Waals surface area contributed by atoms with Crippen LogP contribution in [0.15, 0.2) is 218 Å². The van der Waals surface area contributed by atoms with E-state index in [0.29, 0.717) is 22.6 Å². The van der Waals surface area contributed by atoms with Gasteiger partial charge < -0.3 is 4.74 Å². The molecule has 58 heavy (non-hydrogen) atoms. The highest BCUT2D eigenvalue weighted by molar-refractivity contribution is 6.20. The van der Waals surface area contributed by atoms with Gasteiger partial charge in [0.05, 0.1) is 19.1 Å². The molecule has 0 saturated carbocycles. The summed E-state index contributed by atoms with van der Waals surface area (Å²) >= 11 is 0. The molecule has 0 atom stereocenters. The summed E-state index contributed by atoms with van der Waals surface area (Å²) in [5.41, 5.74) is 9.14. The number of fused-ring (bicyclic) bond motifs is 14. The van der Waals surface area contributed by atoms with Gasteiger partial charge >= 0.3 is 0 Å². The molecule has 270 valence electrons. The molecule has 1 heterocycles. The standard InChI is InChI=1S/C57H36O/c1-5-15-37(16-6-1)41-25-29-47-49(33-41)45-23-13-14-24-46(45)55-48-30-26-42(38-17-7-2-8-18-38)34-52(48)57(56(47)55)50-31-27-43(39-19-9-3-10-20-39)35-53(50)58-54-36-44(28-32-51(54)57)40-21-11-4-12-22-40/h1-36H/i1D,2D,5D,6D,7D,8D,15D,16D,17D,18D. The van der Waals surface area contributed by atoms with Crippen molar-refractivity contribution >= 4 is 21.5 Å². The maximum atomic E-state index is 9.10. The number of ether oxygens (including phenoxy) is 1. The van der Waals surface area contributed by atoms with Gasteiger partial charge in [-0.15, -0.1) is 0 Å². The van der Waals surface area contributed by atoms with Gasteiger partial charge in [0.25, 0.3) is 0 Å². The third-order valence-corrected chi connectivity index (χ3v) is 11.9. The molecule has 10 aromatic carbocycles. The molecule has 0 saturated heterocycles. The Bertz CT molecular complexity index is 3680. The molecule has 0 radical (unpaired) electrons. The zero-order valence-electron chi connectivity index (χ0n) is 40.9. The highest BCUT2D eigenvalue weighted by atomic mass is 16.5. The van der Waals surface area contributed by atoms with Gasteiger partial charge in [-0.3, -0.25) is 0 Å². The van der Waals surface area contributed by atoms with Gasteiger partial charge in [-0.25, -0.2) is 0 Å². The molecule has 1 aliphatic heterocycles. The molecule has 10 aromatic rings. The van der Waals surface area contributed by atoms with E-state index in [0.717, 1.165) is 77.2 Å². The van der Waals surface area contributed by atoms with Crippen molar-refractivity contribution in [2.24, 2.45) is 0 Å². The van der Waals surface area contributed by atoms with E-state index in [9.17, 15) is 0 Å². The summed E-state index contributed by atoms with van der Waals surface area (Å²) in [4.78, 5) is 0. The Kier molecular flexibility index (Phi) is 5.34. The topological polar surface area (TPSA) is 9.23 Å². The Morgan fingerprint density at radius 2 is 0.845 bits per heavy atom. The zero-order valence-corrected chi connectivity index (χ0v) is 30.9. The smallest absolute Gasteiger partial charge is 0.132 e. The second-order valence-corrected chi connectivity index (χ2v) is 14.8. The maximum Gasteiger partial charge on any atom is 0.132 e. The Hall–Kier alpha value is -7.48. The fraction of sp³-hybridized carbons (Fsp3) is 0.0175. The first kappa shape index (κ1) is 24.2. The van der Waals surface area contributed by atoms with Gasteiger partial charge in [0.2, 0.25) is 0 Å². The number of rotatable bonds is 4. The summed E-state index contributed by atoms with van der Waals surface area (Å²) < 4.78 is 94.3. The van der Waals surface area contributed by atoms with Crippen LogP contribution in [0.5, 0.6) is 11.5 Å². The molecule has 0 aromatic heterocycles. The van der Waals surface area contributed by atoms with E-state index in [1.165, 1.54) is 0 Å². The molecule has 0 amide bonds. The van der Waals surface area contributed by atoms with Crippen LogP contribution in [-0.4, -0.2) is 0 Å². The van der Waals surface area contributed by atoms with E-state index in [1.54, 1.807) is 0 Å². The maximum absolute atomic E-state index is 9.10. The monoisotopic (exact) mass is 746 g/mol. The summed E-state index contributed by atoms with van der Waals surface area (Å²) in [6.45, 7) is 0. The van der Waals surface area contributed by atoms with Crippen LogP contribution in [-0.2, 0) is 5.41 Å². The minimum Gasteiger partial charge on any atom is -0.457 e. The average molecular weight is 747 g/mol. The zero-order chi connectivity index (χ0) is 46.9. The van der Waals surface area contributed by atoms with Gasteiger partial charge in [-0.05, 0) is 113 Å². The summed E-state index contributed by atoms with van der Waals surface area (Å²) in [6.07, 6.45) is 0. The van der Waals surface area contributed by atoms with Gasteiger partial charge in [0, 0.05) is 11.1 Å². The SMILES string of the molecule is [2H]c1c([2H])c([2H])c(-c2ccc3c(c2)C2(c4ccc(-c5ccccc5)cc4Oc4cc(-c5ccccc5)ccc42)c2c-3c3ccccc3c3cc(-c4c([2H])c([2H])c([2H])c([2H])c4[2H])ccc23)c([2H])c1[2H]. The lowest BCUT2D eigenvalue weighted by molar-refractivity contribution is 0.437. The molecule has 0 unspecified atom stereocenters. The number of benzene rings is 10. The van der Waals surface area contributed by atoms with Crippen LogP contribution < -0.4 is 4.74 Å². The van der Waals surface area contributed by atoms with Crippen molar-refractivity contribution in [3.63, 3.8) is 0 Å². The lowest BCUT2D eigenvalue weighted by Crippen LogP contribution is -2.32. The van der Waals surface area contributed by atoms with Gasteiger partial charge in [0.15, 0.2) is 0 Å². The molecule has 1 spiro atoms. The van der Waals surface area contributed by atoms with Crippen LogP contribution in [0, 0.1) is 0 Å². The van der Waals surface area contributed by atoms with E-state index in [-0.39, 0.29) is 35.3 Å². The van der Waals surface area contributed by atoms with Crippen molar-refractivity contribution in [2.75, 3.05) is 0 Å². The highest BCUT2D eigenvalue weighted by Gasteiger charge is 2.53. The molecule has 1 aliphatic carbocycles. The largest absolute Gasteiger partial charge is 0.457 e. The van der Waals surface area contributed by atoms with E-state index in [4.69, 9.17) is 18.4 Å². The summed E-state index contributed by atoms with van der Waals surface area (Å²) in [7, 11) is 0. The van der Waals surface area contributed by atoms with Crippen LogP contribution in [0.25, 0.3) is 77.2 Å². The minimum absolute atomic E-state index is 0.0919. The quantitative estimate of drug-likeness (QED) is 0.163. The first-order chi connectivity index (χ1) is 32.9. The third kappa shape index (κ3) is 4.77. The first-order valence-electron chi connectivity index (χ1n) is 24.3. The predicted molar refractivity (Wildman–Crippen MR) is 241 cm³/mol. The Morgan fingerprint density at radius 1 is 0.345 bits per heavy atom. The van der Waals surface area contributed by atoms with E-state index >= 15 is 0 Å². The molecule has 0 fully saturated rings. The van der Waals surface area contributed by atoms with Crippen molar-refractivity contribution in [3.05, 3.63) is 240 Å². The van der Waals surface area contributed by atoms with E-state index < -0.39 is 41.7 Å². The van der Waals surface area contributed by atoms with Crippen molar-refractivity contribution < 1.29 is 18.4 Å². The molecule has 1 nitrogen and oxygen atoms in total. The number of hydrogen-bond donors (Lipinski definition) is 0.